The molecular weight excluding hydrogens is 288 g/mol. The van der Waals surface area contributed by atoms with E-state index in [-0.39, 0.29) is 0 Å². The van der Waals surface area contributed by atoms with Gasteiger partial charge in [-0.3, -0.25) is 0 Å². The molecule has 98 valence electrons. The molecule has 1 aromatic rings. The third kappa shape index (κ3) is 2.43. The molecule has 2 fully saturated rings. The van der Waals surface area contributed by atoms with E-state index in [0.29, 0.717) is 11.5 Å². The largest absolute Gasteiger partial charge is 0.369 e. The molecule has 18 heavy (non-hydrogen) atoms. The highest BCUT2D eigenvalue weighted by Gasteiger charge is 2.45. The average molecular weight is 309 g/mol. The van der Waals surface area contributed by atoms with Crippen molar-refractivity contribution in [3.05, 3.63) is 28.2 Å². The maximum Gasteiger partial charge on any atom is 0.0370 e. The summed E-state index contributed by atoms with van der Waals surface area (Å²) >= 11 is 3.58. The number of benzene rings is 1. The number of nitrogens with zero attached hydrogens (tertiary/aromatic N) is 1. The van der Waals surface area contributed by atoms with Crippen LogP contribution in [0.2, 0.25) is 0 Å². The van der Waals surface area contributed by atoms with Gasteiger partial charge in [0.2, 0.25) is 0 Å². The normalized spacial score (nSPS) is 26.2. The fourth-order valence-corrected chi connectivity index (χ4v) is 3.09. The summed E-state index contributed by atoms with van der Waals surface area (Å²) in [5, 5.41) is 3.67. The van der Waals surface area contributed by atoms with E-state index in [2.05, 4.69) is 58.2 Å². The summed E-state index contributed by atoms with van der Waals surface area (Å²) in [5.74, 6) is 0. The zero-order valence-electron chi connectivity index (χ0n) is 11.2. The molecule has 1 aromatic carbocycles. The van der Waals surface area contributed by atoms with Crippen molar-refractivity contribution in [1.29, 1.82) is 0 Å². The van der Waals surface area contributed by atoms with Crippen LogP contribution < -0.4 is 10.2 Å². The number of hydrogen-bond acceptors (Lipinski definition) is 2. The summed E-state index contributed by atoms with van der Waals surface area (Å²) in [6.07, 6.45) is 2.78. The minimum atomic E-state index is 0.561. The number of halogens is 1. The topological polar surface area (TPSA) is 15.3 Å². The van der Waals surface area contributed by atoms with Gasteiger partial charge in [0.1, 0.15) is 0 Å². The molecule has 1 atom stereocenters. The first-order valence-electron chi connectivity index (χ1n) is 6.83. The minimum absolute atomic E-state index is 0.561. The van der Waals surface area contributed by atoms with E-state index >= 15 is 0 Å². The van der Waals surface area contributed by atoms with Gasteiger partial charge in [-0.25, -0.2) is 0 Å². The molecule has 1 saturated carbocycles. The number of anilines is 1. The Labute approximate surface area is 118 Å². The Kier molecular flexibility index (Phi) is 3.15. The second kappa shape index (κ2) is 4.53. The Bertz CT molecular complexity index is 454. The third-order valence-corrected chi connectivity index (χ3v) is 5.20. The zero-order chi connectivity index (χ0) is 12.8. The van der Waals surface area contributed by atoms with Crippen LogP contribution in [0.3, 0.4) is 0 Å². The predicted octanol–water partition coefficient (Wildman–Crippen LogP) is 3.34. The van der Waals surface area contributed by atoms with Gasteiger partial charge in [0, 0.05) is 41.3 Å². The van der Waals surface area contributed by atoms with Crippen LogP contribution in [0.5, 0.6) is 0 Å². The lowest BCUT2D eigenvalue weighted by Crippen LogP contribution is -2.35. The molecule has 1 saturated heterocycles. The van der Waals surface area contributed by atoms with E-state index in [1.165, 1.54) is 41.7 Å². The van der Waals surface area contributed by atoms with Crippen LogP contribution in [0.1, 0.15) is 25.3 Å². The van der Waals surface area contributed by atoms with Gasteiger partial charge in [-0.1, -0.05) is 15.9 Å². The Hall–Kier alpha value is -0.540. The first kappa shape index (κ1) is 12.5. The van der Waals surface area contributed by atoms with Crippen LogP contribution in [-0.2, 0) is 0 Å². The average Bonchev–Trinajstić information content (AvgIpc) is 3.12. The van der Waals surface area contributed by atoms with Gasteiger partial charge in [0.25, 0.3) is 0 Å². The SMILES string of the molecule is Cc1cc(N2CC(C)NCC3(CC3)C2)ccc1Br. The van der Waals surface area contributed by atoms with Crippen molar-refractivity contribution >= 4 is 21.6 Å². The molecule has 2 aliphatic rings. The summed E-state index contributed by atoms with van der Waals surface area (Å²) in [6, 6.07) is 7.30. The second-order valence-electron chi connectivity index (χ2n) is 6.10. The van der Waals surface area contributed by atoms with Crippen molar-refractivity contribution in [2.75, 3.05) is 24.5 Å². The van der Waals surface area contributed by atoms with Crippen molar-refractivity contribution in [3.63, 3.8) is 0 Å². The maximum atomic E-state index is 3.67. The van der Waals surface area contributed by atoms with Crippen LogP contribution in [0.4, 0.5) is 5.69 Å². The number of hydrogen-bond donors (Lipinski definition) is 1. The molecule has 1 aliphatic heterocycles. The van der Waals surface area contributed by atoms with Gasteiger partial charge >= 0.3 is 0 Å². The molecule has 0 radical (unpaired) electrons. The highest BCUT2D eigenvalue weighted by atomic mass is 79.9. The van der Waals surface area contributed by atoms with Crippen LogP contribution in [0.25, 0.3) is 0 Å². The zero-order valence-corrected chi connectivity index (χ0v) is 12.8. The van der Waals surface area contributed by atoms with E-state index in [1.54, 1.807) is 0 Å². The van der Waals surface area contributed by atoms with Gasteiger partial charge in [-0.2, -0.15) is 0 Å². The fourth-order valence-electron chi connectivity index (χ4n) is 2.85. The second-order valence-corrected chi connectivity index (χ2v) is 6.95. The molecule has 3 heteroatoms. The molecule has 1 spiro atoms. The van der Waals surface area contributed by atoms with Gasteiger partial charge in [-0.05, 0) is 50.5 Å². The standard InChI is InChI=1S/C15H21BrN2/c1-11-7-13(3-4-14(11)16)18-8-12(2)17-9-15(10-18)5-6-15/h3-4,7,12,17H,5-6,8-10H2,1-2H3. The lowest BCUT2D eigenvalue weighted by molar-refractivity contribution is 0.479. The molecule has 3 rings (SSSR count). The smallest absolute Gasteiger partial charge is 0.0370 e. The molecule has 1 N–H and O–H groups in total. The van der Waals surface area contributed by atoms with Crippen LogP contribution in [0.15, 0.2) is 22.7 Å². The molecule has 0 aromatic heterocycles. The lowest BCUT2D eigenvalue weighted by atomic mass is 10.1. The molecule has 1 heterocycles. The van der Waals surface area contributed by atoms with Crippen molar-refractivity contribution < 1.29 is 0 Å². The number of nitrogens with one attached hydrogen (secondary N) is 1. The molecule has 0 amide bonds. The quantitative estimate of drug-likeness (QED) is 0.856. The Morgan fingerprint density at radius 3 is 2.83 bits per heavy atom. The van der Waals surface area contributed by atoms with Crippen LogP contribution in [-0.4, -0.2) is 25.7 Å². The van der Waals surface area contributed by atoms with Crippen molar-refractivity contribution in [2.45, 2.75) is 32.7 Å². The molecule has 1 unspecified atom stereocenters. The van der Waals surface area contributed by atoms with Gasteiger partial charge in [0.05, 0.1) is 0 Å². The van der Waals surface area contributed by atoms with Crippen LogP contribution in [0, 0.1) is 12.3 Å². The summed E-state index contributed by atoms with van der Waals surface area (Å²) < 4.78 is 1.20. The van der Waals surface area contributed by atoms with E-state index in [1.807, 2.05) is 0 Å². The van der Waals surface area contributed by atoms with Gasteiger partial charge < -0.3 is 10.2 Å². The predicted molar refractivity (Wildman–Crippen MR) is 80.2 cm³/mol. The monoisotopic (exact) mass is 308 g/mol. The number of rotatable bonds is 1. The van der Waals surface area contributed by atoms with E-state index in [4.69, 9.17) is 0 Å². The highest BCUT2D eigenvalue weighted by Crippen LogP contribution is 2.47. The fraction of sp³-hybridized carbons (Fsp3) is 0.600. The summed E-state index contributed by atoms with van der Waals surface area (Å²) in [6.45, 7) is 7.98. The minimum Gasteiger partial charge on any atom is -0.369 e. The van der Waals surface area contributed by atoms with Crippen molar-refractivity contribution in [3.8, 4) is 0 Å². The maximum absolute atomic E-state index is 3.67. The molecule has 0 bridgehead atoms. The Morgan fingerprint density at radius 1 is 1.39 bits per heavy atom. The first-order chi connectivity index (χ1) is 8.58. The Morgan fingerprint density at radius 2 is 2.17 bits per heavy atom. The van der Waals surface area contributed by atoms with E-state index in [0.717, 1.165) is 6.54 Å². The van der Waals surface area contributed by atoms with Crippen molar-refractivity contribution in [1.82, 2.24) is 5.32 Å². The Balaban J connectivity index is 1.86. The van der Waals surface area contributed by atoms with E-state index < -0.39 is 0 Å². The van der Waals surface area contributed by atoms with Gasteiger partial charge in [0.15, 0.2) is 0 Å². The van der Waals surface area contributed by atoms with Crippen LogP contribution >= 0.6 is 15.9 Å². The highest BCUT2D eigenvalue weighted by molar-refractivity contribution is 9.10. The number of aryl methyl sites for hydroxylation is 1. The molecule has 2 nitrogen and oxygen atoms in total. The molecular formula is C15H21BrN2. The lowest BCUT2D eigenvalue weighted by Gasteiger charge is -2.27. The molecule has 1 aliphatic carbocycles. The summed E-state index contributed by atoms with van der Waals surface area (Å²) in [7, 11) is 0. The van der Waals surface area contributed by atoms with Gasteiger partial charge in [-0.15, -0.1) is 0 Å². The third-order valence-electron chi connectivity index (χ3n) is 4.31. The van der Waals surface area contributed by atoms with E-state index in [9.17, 15) is 0 Å². The van der Waals surface area contributed by atoms with Crippen molar-refractivity contribution in [2.24, 2.45) is 5.41 Å². The summed E-state index contributed by atoms with van der Waals surface area (Å²) in [4.78, 5) is 2.57. The first-order valence-corrected chi connectivity index (χ1v) is 7.62. The summed E-state index contributed by atoms with van der Waals surface area (Å²) in [5.41, 5.74) is 3.26.